The molecule has 0 saturated carbocycles. The quantitative estimate of drug-likeness (QED) is 0.427. The maximum absolute atomic E-state index is 11.6. The average Bonchev–Trinajstić information content (AvgIpc) is 2.61. The van der Waals surface area contributed by atoms with E-state index in [1.807, 2.05) is 13.8 Å². The van der Waals surface area contributed by atoms with Crippen LogP contribution in [0.1, 0.15) is 38.8 Å². The molecule has 6 nitrogen and oxygen atoms in total. The van der Waals surface area contributed by atoms with Crippen LogP contribution in [0.15, 0.2) is 60.7 Å². The normalized spacial score (nSPS) is 10.9. The van der Waals surface area contributed by atoms with Crippen LogP contribution in [0, 0.1) is 0 Å². The van der Waals surface area contributed by atoms with Crippen LogP contribution in [-0.2, 0) is 15.0 Å². The van der Waals surface area contributed by atoms with Crippen molar-refractivity contribution in [3.63, 3.8) is 0 Å². The van der Waals surface area contributed by atoms with Crippen molar-refractivity contribution in [3.05, 3.63) is 71.8 Å². The molecule has 152 valence electrons. The van der Waals surface area contributed by atoms with E-state index < -0.39 is 17.4 Å². The molecule has 0 fully saturated rings. The summed E-state index contributed by atoms with van der Waals surface area (Å²) in [7, 11) is 0. The summed E-state index contributed by atoms with van der Waals surface area (Å²) in [6, 6.07) is 9.00. The molecule has 0 aliphatic carbocycles. The number of aromatic hydroxyl groups is 2. The summed E-state index contributed by atoms with van der Waals surface area (Å²) in [6.45, 7) is 13.7. The predicted octanol–water partition coefficient (Wildman–Crippen LogP) is 4.39. The summed E-state index contributed by atoms with van der Waals surface area (Å²) >= 11 is 0. The van der Waals surface area contributed by atoms with Crippen LogP contribution in [0.4, 0.5) is 0 Å². The lowest BCUT2D eigenvalue weighted by Gasteiger charge is -2.28. The molecule has 2 N–H and O–H groups in total. The van der Waals surface area contributed by atoms with E-state index in [4.69, 9.17) is 9.47 Å². The van der Waals surface area contributed by atoms with E-state index in [0.717, 1.165) is 0 Å². The highest BCUT2D eigenvalue weighted by atomic mass is 16.5. The van der Waals surface area contributed by atoms with Crippen LogP contribution in [0.3, 0.4) is 0 Å². The van der Waals surface area contributed by atoms with Crippen LogP contribution in [0.5, 0.6) is 23.0 Å². The standard InChI is InChI=1S/C23H24O6/c1-13(2)21(26)28-15-7-9-17(19(24)11-15)23(5,6)18-10-8-16(12-20(18)25)29-22(27)14(3)4/h7-12,24-25H,1,3H2,2,4-6H3. The van der Waals surface area contributed by atoms with Gasteiger partial charge in [-0.25, -0.2) is 9.59 Å². The number of rotatable bonds is 6. The Balaban J connectivity index is 2.34. The molecule has 2 aromatic carbocycles. The molecular formula is C23H24O6. The molecule has 29 heavy (non-hydrogen) atoms. The number of carbonyl (C=O) groups is 2. The minimum Gasteiger partial charge on any atom is -0.507 e. The van der Waals surface area contributed by atoms with Gasteiger partial charge in [0.15, 0.2) is 0 Å². The van der Waals surface area contributed by atoms with Gasteiger partial charge in [0.05, 0.1) is 0 Å². The van der Waals surface area contributed by atoms with Gasteiger partial charge in [-0.1, -0.05) is 39.1 Å². The number of esters is 2. The minimum absolute atomic E-state index is 0.0980. The van der Waals surface area contributed by atoms with E-state index >= 15 is 0 Å². The van der Waals surface area contributed by atoms with E-state index in [1.165, 1.54) is 26.0 Å². The zero-order valence-electron chi connectivity index (χ0n) is 16.9. The highest BCUT2D eigenvalue weighted by Crippen LogP contribution is 2.42. The van der Waals surface area contributed by atoms with Gasteiger partial charge in [0, 0.05) is 39.8 Å². The second kappa shape index (κ2) is 8.22. The Kier molecular flexibility index (Phi) is 6.17. The zero-order chi connectivity index (χ0) is 21.9. The molecule has 6 heteroatoms. The van der Waals surface area contributed by atoms with Crippen molar-refractivity contribution in [3.8, 4) is 23.0 Å². The van der Waals surface area contributed by atoms with Crippen LogP contribution >= 0.6 is 0 Å². The van der Waals surface area contributed by atoms with Crippen molar-refractivity contribution in [1.82, 2.24) is 0 Å². The fraction of sp³-hybridized carbons (Fsp3) is 0.217. The third-order valence-corrected chi connectivity index (χ3v) is 4.40. The molecule has 0 radical (unpaired) electrons. The summed E-state index contributed by atoms with van der Waals surface area (Å²) in [5, 5.41) is 21.0. The van der Waals surface area contributed by atoms with Gasteiger partial charge in [0.25, 0.3) is 0 Å². The average molecular weight is 396 g/mol. The van der Waals surface area contributed by atoms with E-state index in [0.29, 0.717) is 11.1 Å². The third kappa shape index (κ3) is 4.85. The number of carbonyl (C=O) groups excluding carboxylic acids is 2. The SMILES string of the molecule is C=C(C)C(=O)Oc1ccc(C(C)(C)c2ccc(OC(=O)C(=C)C)cc2O)c(O)c1. The Morgan fingerprint density at radius 2 is 1.14 bits per heavy atom. The molecule has 2 aromatic rings. The van der Waals surface area contributed by atoms with Crippen LogP contribution in [0.2, 0.25) is 0 Å². The first kappa shape index (κ1) is 21.8. The summed E-state index contributed by atoms with van der Waals surface area (Å²) in [4.78, 5) is 23.3. The zero-order valence-corrected chi connectivity index (χ0v) is 16.9. The molecule has 0 unspecified atom stereocenters. The number of hydrogen-bond acceptors (Lipinski definition) is 6. The van der Waals surface area contributed by atoms with Gasteiger partial charge in [-0.05, 0) is 26.0 Å². The molecule has 0 aromatic heterocycles. The number of hydrogen-bond donors (Lipinski definition) is 2. The highest BCUT2D eigenvalue weighted by molar-refractivity contribution is 5.89. The Morgan fingerprint density at radius 3 is 1.41 bits per heavy atom. The van der Waals surface area contributed by atoms with Crippen LogP contribution in [0.25, 0.3) is 0 Å². The van der Waals surface area contributed by atoms with Gasteiger partial charge in [-0.15, -0.1) is 0 Å². The lowest BCUT2D eigenvalue weighted by Crippen LogP contribution is -2.19. The molecule has 0 aliphatic rings. The Morgan fingerprint density at radius 1 is 0.793 bits per heavy atom. The smallest absolute Gasteiger partial charge is 0.338 e. The van der Waals surface area contributed by atoms with Crippen molar-refractivity contribution in [2.75, 3.05) is 0 Å². The molecule has 0 aliphatic heterocycles. The van der Waals surface area contributed by atoms with E-state index in [-0.39, 0.29) is 34.1 Å². The highest BCUT2D eigenvalue weighted by Gasteiger charge is 2.29. The second-order valence-electron chi connectivity index (χ2n) is 7.32. The van der Waals surface area contributed by atoms with Gasteiger partial charge in [0.2, 0.25) is 0 Å². The molecule has 2 rings (SSSR count). The van der Waals surface area contributed by atoms with E-state index in [2.05, 4.69) is 13.2 Å². The summed E-state index contributed by atoms with van der Waals surface area (Å²) < 4.78 is 10.2. The maximum atomic E-state index is 11.6. The Labute approximate surface area is 169 Å². The van der Waals surface area contributed by atoms with Crippen LogP contribution in [-0.4, -0.2) is 22.2 Å². The van der Waals surface area contributed by atoms with Gasteiger partial charge in [-0.3, -0.25) is 0 Å². The Bertz CT molecular complexity index is 921. The number of phenols is 2. The van der Waals surface area contributed by atoms with Gasteiger partial charge in [-0.2, -0.15) is 0 Å². The topological polar surface area (TPSA) is 93.1 Å². The minimum atomic E-state index is -0.804. The van der Waals surface area contributed by atoms with Crippen molar-refractivity contribution in [1.29, 1.82) is 0 Å². The summed E-state index contributed by atoms with van der Waals surface area (Å²) in [5.74, 6) is -1.01. The summed E-state index contributed by atoms with van der Waals surface area (Å²) in [6.07, 6.45) is 0. The first-order chi connectivity index (χ1) is 13.4. The van der Waals surface area contributed by atoms with Gasteiger partial charge in [0.1, 0.15) is 23.0 Å². The van der Waals surface area contributed by atoms with Crippen LogP contribution < -0.4 is 9.47 Å². The third-order valence-electron chi connectivity index (χ3n) is 4.40. The number of benzene rings is 2. The van der Waals surface area contributed by atoms with Gasteiger partial charge < -0.3 is 19.7 Å². The largest absolute Gasteiger partial charge is 0.507 e. The molecule has 0 saturated heterocycles. The second-order valence-corrected chi connectivity index (χ2v) is 7.32. The molecule has 0 bridgehead atoms. The molecule has 0 amide bonds. The molecular weight excluding hydrogens is 372 g/mol. The van der Waals surface area contributed by atoms with Gasteiger partial charge >= 0.3 is 11.9 Å². The maximum Gasteiger partial charge on any atom is 0.338 e. The predicted molar refractivity (Wildman–Crippen MR) is 109 cm³/mol. The lowest BCUT2D eigenvalue weighted by molar-refractivity contribution is -0.130. The molecule has 0 heterocycles. The number of phenolic OH excluding ortho intramolecular Hbond substituents is 2. The number of ether oxygens (including phenoxy) is 2. The lowest BCUT2D eigenvalue weighted by atomic mass is 9.77. The van der Waals surface area contributed by atoms with E-state index in [9.17, 15) is 19.8 Å². The fourth-order valence-corrected chi connectivity index (χ4v) is 2.74. The summed E-state index contributed by atoms with van der Waals surface area (Å²) in [5.41, 5.74) is 0.698. The van der Waals surface area contributed by atoms with Crippen molar-refractivity contribution in [2.24, 2.45) is 0 Å². The fourth-order valence-electron chi connectivity index (χ4n) is 2.74. The molecule has 0 spiro atoms. The first-order valence-corrected chi connectivity index (χ1v) is 8.86. The monoisotopic (exact) mass is 396 g/mol. The first-order valence-electron chi connectivity index (χ1n) is 8.86. The molecule has 0 atom stereocenters. The van der Waals surface area contributed by atoms with Crippen molar-refractivity contribution >= 4 is 11.9 Å². The Hall–Kier alpha value is -3.54. The van der Waals surface area contributed by atoms with Crippen molar-refractivity contribution < 1.29 is 29.3 Å². The van der Waals surface area contributed by atoms with E-state index in [1.54, 1.807) is 24.3 Å². The van der Waals surface area contributed by atoms with Crippen molar-refractivity contribution in [2.45, 2.75) is 33.1 Å².